The van der Waals surface area contributed by atoms with E-state index >= 15 is 0 Å². The molecule has 7 rings (SSSR count). The molecular formula is C30H47NO4. The Balaban J connectivity index is 1.10. The standard InChI is InChI=1S/C30H47NO4/c1-18(32)31(19-15-34-16-19)14-20-5-6-22-24(35-20)13-23-21-7-8-25-27(2,3)26(33)9-10-30(25)17-29(21,30)12-11-28(22,23)4/h19-26,33H,5-17H2,1-4H3/t20?,21?,22?,23?,24?,25?,26-,28?,29?,30?/m0/s1. The van der Waals surface area contributed by atoms with Crippen LogP contribution in [0, 0.1) is 45.3 Å². The normalized spacial score (nSPS) is 53.8. The van der Waals surface area contributed by atoms with Gasteiger partial charge in [0.2, 0.25) is 5.91 Å². The van der Waals surface area contributed by atoms with Crippen molar-refractivity contribution in [2.24, 2.45) is 45.3 Å². The minimum Gasteiger partial charge on any atom is -0.393 e. The highest BCUT2D eigenvalue weighted by molar-refractivity contribution is 5.73. The molecule has 0 aromatic carbocycles. The fourth-order valence-electron chi connectivity index (χ4n) is 11.6. The molecule has 5 aliphatic carbocycles. The van der Waals surface area contributed by atoms with E-state index in [4.69, 9.17) is 9.47 Å². The Labute approximate surface area is 211 Å². The summed E-state index contributed by atoms with van der Waals surface area (Å²) < 4.78 is 12.3. The Bertz CT molecular complexity index is 901. The smallest absolute Gasteiger partial charge is 0.219 e. The predicted octanol–water partition coefficient (Wildman–Crippen LogP) is 4.80. The van der Waals surface area contributed by atoms with Crippen LogP contribution < -0.4 is 0 Å². The van der Waals surface area contributed by atoms with E-state index in [0.717, 1.165) is 31.2 Å². The van der Waals surface area contributed by atoms with Crippen molar-refractivity contribution in [1.29, 1.82) is 0 Å². The molecule has 10 atom stereocenters. The average Bonchev–Trinajstić information content (AvgIpc) is 3.35. The maximum Gasteiger partial charge on any atom is 0.219 e. The maximum atomic E-state index is 12.3. The zero-order valence-corrected chi connectivity index (χ0v) is 22.4. The summed E-state index contributed by atoms with van der Waals surface area (Å²) in [6.45, 7) is 11.1. The molecule has 1 N–H and O–H groups in total. The summed E-state index contributed by atoms with van der Waals surface area (Å²) in [6.07, 6.45) is 13.2. The van der Waals surface area contributed by atoms with Gasteiger partial charge in [-0.2, -0.15) is 0 Å². The molecule has 35 heavy (non-hydrogen) atoms. The first-order valence-electron chi connectivity index (χ1n) is 14.8. The first-order chi connectivity index (χ1) is 16.6. The quantitative estimate of drug-likeness (QED) is 0.624. The predicted molar refractivity (Wildman–Crippen MR) is 134 cm³/mol. The Kier molecular flexibility index (Phi) is 5.01. The molecular weight excluding hydrogens is 438 g/mol. The molecule has 7 fully saturated rings. The number of carbonyl (C=O) groups excluding carboxylic acids is 1. The maximum absolute atomic E-state index is 12.3. The molecule has 0 radical (unpaired) electrons. The molecule has 0 bridgehead atoms. The molecule has 2 aliphatic heterocycles. The first kappa shape index (κ1) is 23.5. The summed E-state index contributed by atoms with van der Waals surface area (Å²) in [5.41, 5.74) is 1.57. The van der Waals surface area contributed by atoms with Gasteiger partial charge in [-0.15, -0.1) is 0 Å². The van der Waals surface area contributed by atoms with E-state index in [1.807, 2.05) is 4.90 Å². The van der Waals surface area contributed by atoms with E-state index in [-0.39, 0.29) is 29.6 Å². The van der Waals surface area contributed by atoms with E-state index in [9.17, 15) is 9.90 Å². The van der Waals surface area contributed by atoms with Gasteiger partial charge < -0.3 is 19.5 Å². The van der Waals surface area contributed by atoms with Crippen molar-refractivity contribution >= 4 is 5.91 Å². The molecule has 196 valence electrons. The zero-order chi connectivity index (χ0) is 24.4. The summed E-state index contributed by atoms with van der Waals surface area (Å²) in [5.74, 6) is 3.21. The van der Waals surface area contributed by atoms with Gasteiger partial charge in [0, 0.05) is 13.5 Å². The van der Waals surface area contributed by atoms with Gasteiger partial charge in [-0.3, -0.25) is 4.79 Å². The zero-order valence-electron chi connectivity index (χ0n) is 22.4. The van der Waals surface area contributed by atoms with Crippen LogP contribution in [0.4, 0.5) is 0 Å². The Morgan fingerprint density at radius 1 is 0.943 bits per heavy atom. The van der Waals surface area contributed by atoms with Crippen LogP contribution in [0.25, 0.3) is 0 Å². The lowest BCUT2D eigenvalue weighted by Crippen LogP contribution is -2.55. The highest BCUT2D eigenvalue weighted by atomic mass is 16.5. The first-order valence-corrected chi connectivity index (χ1v) is 14.8. The molecule has 5 heteroatoms. The number of carbonyl (C=O) groups is 1. The van der Waals surface area contributed by atoms with Crippen molar-refractivity contribution in [2.75, 3.05) is 19.8 Å². The number of fused-ring (bicyclic) bond motifs is 4. The lowest BCUT2D eigenvalue weighted by Gasteiger charge is -2.59. The summed E-state index contributed by atoms with van der Waals surface area (Å²) in [6, 6.07) is 0.247. The highest BCUT2D eigenvalue weighted by Crippen LogP contribution is 2.87. The fraction of sp³-hybridized carbons (Fsp3) is 0.967. The second kappa shape index (κ2) is 7.47. The van der Waals surface area contributed by atoms with Crippen molar-refractivity contribution in [3.8, 4) is 0 Å². The third-order valence-corrected chi connectivity index (χ3v) is 13.5. The monoisotopic (exact) mass is 485 g/mol. The third-order valence-electron chi connectivity index (χ3n) is 13.5. The van der Waals surface area contributed by atoms with Crippen LogP contribution in [0.5, 0.6) is 0 Å². The minimum absolute atomic E-state index is 0.0710. The Morgan fingerprint density at radius 2 is 1.71 bits per heavy atom. The van der Waals surface area contributed by atoms with Crippen LogP contribution in [-0.2, 0) is 14.3 Å². The van der Waals surface area contributed by atoms with Crippen LogP contribution in [0.15, 0.2) is 0 Å². The lowest BCUT2D eigenvalue weighted by molar-refractivity contribution is -0.154. The summed E-state index contributed by atoms with van der Waals surface area (Å²) >= 11 is 0. The number of nitrogens with zero attached hydrogens (tertiary/aromatic N) is 1. The summed E-state index contributed by atoms with van der Waals surface area (Å²) in [4.78, 5) is 14.3. The van der Waals surface area contributed by atoms with Gasteiger partial charge in [0.15, 0.2) is 0 Å². The van der Waals surface area contributed by atoms with Gasteiger partial charge >= 0.3 is 0 Å². The van der Waals surface area contributed by atoms with Gasteiger partial charge in [0.25, 0.3) is 0 Å². The van der Waals surface area contributed by atoms with E-state index < -0.39 is 0 Å². The van der Waals surface area contributed by atoms with E-state index in [2.05, 4.69) is 20.8 Å². The topological polar surface area (TPSA) is 59.0 Å². The second-order valence-electron chi connectivity index (χ2n) is 14.8. The molecule has 5 nitrogen and oxygen atoms in total. The van der Waals surface area contributed by atoms with E-state index in [1.165, 1.54) is 51.4 Å². The molecule has 2 heterocycles. The number of hydrogen-bond donors (Lipinski definition) is 1. The number of rotatable bonds is 3. The fourth-order valence-corrected chi connectivity index (χ4v) is 11.6. The van der Waals surface area contributed by atoms with E-state index in [0.29, 0.717) is 47.4 Å². The van der Waals surface area contributed by atoms with Gasteiger partial charge in [-0.1, -0.05) is 20.8 Å². The van der Waals surface area contributed by atoms with Crippen molar-refractivity contribution in [3.63, 3.8) is 0 Å². The molecule has 0 aromatic rings. The van der Waals surface area contributed by atoms with Crippen molar-refractivity contribution < 1.29 is 19.4 Å². The van der Waals surface area contributed by atoms with Crippen LogP contribution in [-0.4, -0.2) is 60.0 Å². The van der Waals surface area contributed by atoms with Gasteiger partial charge in [0.05, 0.1) is 37.6 Å². The molecule has 2 saturated heterocycles. The summed E-state index contributed by atoms with van der Waals surface area (Å²) in [5, 5.41) is 10.9. The highest BCUT2D eigenvalue weighted by Gasteiger charge is 2.80. The van der Waals surface area contributed by atoms with Gasteiger partial charge in [0.1, 0.15) is 0 Å². The second-order valence-corrected chi connectivity index (χ2v) is 14.8. The van der Waals surface area contributed by atoms with Crippen molar-refractivity contribution in [3.05, 3.63) is 0 Å². The molecule has 1 amide bonds. The van der Waals surface area contributed by atoms with Gasteiger partial charge in [-0.25, -0.2) is 0 Å². The van der Waals surface area contributed by atoms with Crippen LogP contribution in [0.1, 0.15) is 91.9 Å². The number of ether oxygens (including phenoxy) is 2. The number of hydrogen-bond acceptors (Lipinski definition) is 4. The molecule has 9 unspecified atom stereocenters. The Morgan fingerprint density at radius 3 is 2.43 bits per heavy atom. The van der Waals surface area contributed by atoms with E-state index in [1.54, 1.807) is 6.92 Å². The third kappa shape index (κ3) is 2.95. The number of aliphatic hydroxyl groups is 1. The summed E-state index contributed by atoms with van der Waals surface area (Å²) in [7, 11) is 0. The van der Waals surface area contributed by atoms with Crippen LogP contribution in [0.3, 0.4) is 0 Å². The largest absolute Gasteiger partial charge is 0.393 e. The lowest BCUT2D eigenvalue weighted by atomic mass is 9.46. The van der Waals surface area contributed by atoms with Crippen LogP contribution in [0.2, 0.25) is 0 Å². The molecule has 5 saturated carbocycles. The molecule has 0 aromatic heterocycles. The van der Waals surface area contributed by atoms with Crippen LogP contribution >= 0.6 is 0 Å². The SMILES string of the molecule is CC(=O)N(CC1CCC2C(CC3C4CCC5C(C)(C)[C@@H](O)CCC56CC46CCC23C)O1)C1COC1. The molecule has 2 spiro atoms. The Hall–Kier alpha value is -0.650. The number of amides is 1. The van der Waals surface area contributed by atoms with Crippen molar-refractivity contribution in [2.45, 2.75) is 116 Å². The number of aliphatic hydroxyl groups excluding tert-OH is 1. The minimum atomic E-state index is -0.123. The average molecular weight is 486 g/mol. The van der Waals surface area contributed by atoms with Crippen molar-refractivity contribution in [1.82, 2.24) is 4.90 Å². The van der Waals surface area contributed by atoms with Gasteiger partial charge in [-0.05, 0) is 110 Å². The molecule has 7 aliphatic rings.